The minimum Gasteiger partial charge on any atom is -0.478 e. The van der Waals surface area contributed by atoms with E-state index in [4.69, 9.17) is 9.84 Å². The molecular weight excluding hydrogens is 279 g/mol. The van der Waals surface area contributed by atoms with Crippen LogP contribution in [-0.4, -0.2) is 48.3 Å². The second-order valence-electron chi connectivity index (χ2n) is 4.85. The molecule has 1 aliphatic rings. The molecule has 7 heteroatoms. The van der Waals surface area contributed by atoms with Crippen molar-refractivity contribution in [2.75, 3.05) is 25.5 Å². The fourth-order valence-electron chi connectivity index (χ4n) is 2.29. The first kappa shape index (κ1) is 15.2. The number of hydrogen-bond acceptors (Lipinski definition) is 3. The van der Waals surface area contributed by atoms with Crippen LogP contribution in [0, 0.1) is 5.82 Å². The van der Waals surface area contributed by atoms with Gasteiger partial charge in [0.25, 0.3) is 0 Å². The number of carboxylic acids is 1. The highest BCUT2D eigenvalue weighted by atomic mass is 19.1. The molecule has 0 atom stereocenters. The molecule has 0 bridgehead atoms. The Morgan fingerprint density at radius 1 is 1.38 bits per heavy atom. The van der Waals surface area contributed by atoms with Crippen molar-refractivity contribution in [1.82, 2.24) is 4.90 Å². The number of anilines is 1. The summed E-state index contributed by atoms with van der Waals surface area (Å²) in [5.74, 6) is -1.95. The Labute approximate surface area is 121 Å². The summed E-state index contributed by atoms with van der Waals surface area (Å²) >= 11 is 0. The van der Waals surface area contributed by atoms with Crippen molar-refractivity contribution >= 4 is 17.7 Å². The van der Waals surface area contributed by atoms with Crippen LogP contribution in [-0.2, 0) is 4.74 Å². The quantitative estimate of drug-likeness (QED) is 0.896. The summed E-state index contributed by atoms with van der Waals surface area (Å²) in [6.07, 6.45) is 1.62. The highest BCUT2D eigenvalue weighted by molar-refractivity contribution is 6.00. The largest absolute Gasteiger partial charge is 0.478 e. The monoisotopic (exact) mass is 296 g/mol. The number of nitrogens with zero attached hydrogens (tertiary/aromatic N) is 1. The topological polar surface area (TPSA) is 78.9 Å². The number of carbonyl (C=O) groups excluding carboxylic acids is 1. The van der Waals surface area contributed by atoms with Crippen LogP contribution >= 0.6 is 0 Å². The summed E-state index contributed by atoms with van der Waals surface area (Å²) in [7, 11) is 1.64. The molecule has 1 heterocycles. The lowest BCUT2D eigenvalue weighted by atomic mass is 10.1. The summed E-state index contributed by atoms with van der Waals surface area (Å²) in [4.78, 5) is 24.8. The summed E-state index contributed by atoms with van der Waals surface area (Å²) in [6, 6.07) is 2.85. The van der Waals surface area contributed by atoms with E-state index in [-0.39, 0.29) is 17.4 Å². The molecule has 1 aromatic carbocycles. The van der Waals surface area contributed by atoms with Crippen molar-refractivity contribution in [2.45, 2.75) is 18.9 Å². The number of benzene rings is 1. The highest BCUT2D eigenvalue weighted by Gasteiger charge is 2.23. The molecule has 2 amide bonds. The van der Waals surface area contributed by atoms with E-state index in [9.17, 15) is 14.0 Å². The molecule has 0 radical (unpaired) electrons. The lowest BCUT2D eigenvalue weighted by Gasteiger charge is -2.31. The van der Waals surface area contributed by atoms with Gasteiger partial charge in [-0.1, -0.05) is 0 Å². The van der Waals surface area contributed by atoms with E-state index in [2.05, 4.69) is 5.32 Å². The molecule has 1 aliphatic heterocycles. The maximum absolute atomic E-state index is 13.1. The predicted molar refractivity (Wildman–Crippen MR) is 74.0 cm³/mol. The van der Waals surface area contributed by atoms with Gasteiger partial charge in [0.15, 0.2) is 0 Å². The Kier molecular flexibility index (Phi) is 4.74. The molecule has 0 spiro atoms. The van der Waals surface area contributed by atoms with Crippen LogP contribution < -0.4 is 5.32 Å². The van der Waals surface area contributed by atoms with Crippen molar-refractivity contribution < 1.29 is 23.8 Å². The molecule has 21 heavy (non-hydrogen) atoms. The zero-order valence-electron chi connectivity index (χ0n) is 11.6. The molecule has 0 aromatic heterocycles. The van der Waals surface area contributed by atoms with Gasteiger partial charge in [-0.05, 0) is 31.0 Å². The van der Waals surface area contributed by atoms with Gasteiger partial charge >= 0.3 is 12.0 Å². The third kappa shape index (κ3) is 3.69. The molecule has 1 saturated heterocycles. The standard InChI is InChI=1S/C14H17FN2O4/c1-21-10-4-6-17(7-5-10)14(20)16-12-3-2-9(15)8-11(12)13(18)19/h2-3,8,10H,4-7H2,1H3,(H,16,20)(H,18,19). The third-order valence-corrected chi connectivity index (χ3v) is 3.52. The number of urea groups is 1. The molecule has 1 aromatic rings. The molecule has 0 saturated carbocycles. The number of aromatic carboxylic acids is 1. The molecule has 2 N–H and O–H groups in total. The van der Waals surface area contributed by atoms with E-state index in [1.165, 1.54) is 6.07 Å². The SMILES string of the molecule is COC1CCN(C(=O)Nc2ccc(F)cc2C(=O)O)CC1. The fraction of sp³-hybridized carbons (Fsp3) is 0.429. The van der Waals surface area contributed by atoms with Gasteiger partial charge in [0.2, 0.25) is 0 Å². The number of nitrogens with one attached hydrogen (secondary N) is 1. The number of halogens is 1. The summed E-state index contributed by atoms with van der Waals surface area (Å²) in [5.41, 5.74) is -0.183. The number of likely N-dealkylation sites (tertiary alicyclic amines) is 1. The smallest absolute Gasteiger partial charge is 0.337 e. The van der Waals surface area contributed by atoms with Gasteiger partial charge in [-0.3, -0.25) is 0 Å². The van der Waals surface area contributed by atoms with E-state index >= 15 is 0 Å². The Hall–Kier alpha value is -2.15. The van der Waals surface area contributed by atoms with Gasteiger partial charge in [-0.25, -0.2) is 14.0 Å². The van der Waals surface area contributed by atoms with Crippen molar-refractivity contribution in [3.05, 3.63) is 29.6 Å². The Morgan fingerprint density at radius 3 is 2.62 bits per heavy atom. The number of methoxy groups -OCH3 is 1. The van der Waals surface area contributed by atoms with Crippen molar-refractivity contribution in [2.24, 2.45) is 0 Å². The second-order valence-corrected chi connectivity index (χ2v) is 4.85. The summed E-state index contributed by atoms with van der Waals surface area (Å²) in [6.45, 7) is 1.07. The van der Waals surface area contributed by atoms with Gasteiger partial charge in [0.1, 0.15) is 5.82 Å². The molecule has 1 fully saturated rings. The van der Waals surface area contributed by atoms with Crippen LogP contribution in [0.4, 0.5) is 14.9 Å². The van der Waals surface area contributed by atoms with Crippen LogP contribution in [0.25, 0.3) is 0 Å². The molecule has 0 unspecified atom stereocenters. The van der Waals surface area contributed by atoms with Gasteiger partial charge in [0.05, 0.1) is 17.4 Å². The van der Waals surface area contributed by atoms with Gasteiger partial charge in [-0.15, -0.1) is 0 Å². The number of carboxylic acid groups (broad SMARTS) is 1. The second kappa shape index (κ2) is 6.53. The van der Waals surface area contributed by atoms with Gasteiger partial charge in [-0.2, -0.15) is 0 Å². The number of ether oxygens (including phenoxy) is 1. The Balaban J connectivity index is 2.05. The molecule has 6 nitrogen and oxygen atoms in total. The molecule has 2 rings (SSSR count). The van der Waals surface area contributed by atoms with E-state index in [0.717, 1.165) is 25.0 Å². The van der Waals surface area contributed by atoms with E-state index < -0.39 is 17.8 Å². The van der Waals surface area contributed by atoms with Crippen LogP contribution in [0.2, 0.25) is 0 Å². The third-order valence-electron chi connectivity index (χ3n) is 3.52. The highest BCUT2D eigenvalue weighted by Crippen LogP contribution is 2.19. The van der Waals surface area contributed by atoms with Crippen LogP contribution in [0.15, 0.2) is 18.2 Å². The lowest BCUT2D eigenvalue weighted by molar-refractivity contribution is 0.0521. The molecule has 114 valence electrons. The number of carbonyl (C=O) groups is 2. The summed E-state index contributed by atoms with van der Waals surface area (Å²) < 4.78 is 18.3. The van der Waals surface area contributed by atoms with Crippen LogP contribution in [0.3, 0.4) is 0 Å². The van der Waals surface area contributed by atoms with Crippen molar-refractivity contribution in [3.63, 3.8) is 0 Å². The van der Waals surface area contributed by atoms with Crippen molar-refractivity contribution in [3.8, 4) is 0 Å². The van der Waals surface area contributed by atoms with Crippen LogP contribution in [0.1, 0.15) is 23.2 Å². The average molecular weight is 296 g/mol. The minimum atomic E-state index is -1.29. The van der Waals surface area contributed by atoms with E-state index in [1.54, 1.807) is 12.0 Å². The fourth-order valence-corrected chi connectivity index (χ4v) is 2.29. The maximum atomic E-state index is 13.1. The number of amides is 2. The Morgan fingerprint density at radius 2 is 2.05 bits per heavy atom. The number of piperidine rings is 1. The predicted octanol–water partition coefficient (Wildman–Crippen LogP) is 2.17. The first-order valence-electron chi connectivity index (χ1n) is 6.63. The first-order valence-corrected chi connectivity index (χ1v) is 6.63. The van der Waals surface area contributed by atoms with Crippen molar-refractivity contribution in [1.29, 1.82) is 0 Å². The number of hydrogen-bond donors (Lipinski definition) is 2. The van der Waals surface area contributed by atoms with E-state index in [1.807, 2.05) is 0 Å². The average Bonchev–Trinajstić information content (AvgIpc) is 2.49. The van der Waals surface area contributed by atoms with Gasteiger partial charge in [0, 0.05) is 20.2 Å². The van der Waals surface area contributed by atoms with E-state index in [0.29, 0.717) is 13.1 Å². The molecular formula is C14H17FN2O4. The maximum Gasteiger partial charge on any atom is 0.337 e. The zero-order valence-corrected chi connectivity index (χ0v) is 11.6. The first-order chi connectivity index (χ1) is 10.0. The minimum absolute atomic E-state index is 0.0859. The lowest BCUT2D eigenvalue weighted by Crippen LogP contribution is -2.43. The number of rotatable bonds is 3. The zero-order chi connectivity index (χ0) is 15.4. The normalized spacial score (nSPS) is 15.8. The molecule has 0 aliphatic carbocycles. The van der Waals surface area contributed by atoms with Crippen LogP contribution in [0.5, 0.6) is 0 Å². The summed E-state index contributed by atoms with van der Waals surface area (Å²) in [5, 5.41) is 11.6. The van der Waals surface area contributed by atoms with Gasteiger partial charge < -0.3 is 20.1 Å². The Bertz CT molecular complexity index is 542.